The van der Waals surface area contributed by atoms with Crippen LogP contribution in [-0.2, 0) is 0 Å². The maximum absolute atomic E-state index is 12.1. The third-order valence-electron chi connectivity index (χ3n) is 2.60. The number of alkyl halides is 3. The molecule has 0 unspecified atom stereocenters. The van der Waals surface area contributed by atoms with Gasteiger partial charge in [0.1, 0.15) is 6.61 Å². The number of nitrogens with zero attached hydrogens (tertiary/aromatic N) is 4. The van der Waals surface area contributed by atoms with Gasteiger partial charge >= 0.3 is 12.2 Å². The average molecular weight is 307 g/mol. The molecule has 6 nitrogen and oxygen atoms in total. The molecular weight excluding hydrogens is 287 g/mol. The van der Waals surface area contributed by atoms with E-state index in [4.69, 9.17) is 4.74 Å². The lowest BCUT2D eigenvalue weighted by Crippen LogP contribution is -2.25. The van der Waals surface area contributed by atoms with Gasteiger partial charge in [-0.15, -0.1) is 0 Å². The van der Waals surface area contributed by atoms with Crippen molar-refractivity contribution in [2.75, 3.05) is 36.5 Å². The molecule has 0 radical (unpaired) electrons. The molecule has 0 atom stereocenters. The predicted molar refractivity (Wildman–Crippen MR) is 73.7 cm³/mol. The van der Waals surface area contributed by atoms with Crippen LogP contribution in [-0.4, -0.2) is 47.4 Å². The lowest BCUT2D eigenvalue weighted by molar-refractivity contribution is -0.139. The molecule has 0 amide bonds. The molecule has 1 heterocycles. The van der Waals surface area contributed by atoms with Gasteiger partial charge in [0.2, 0.25) is 11.9 Å². The van der Waals surface area contributed by atoms with E-state index in [2.05, 4.69) is 20.3 Å². The Balaban J connectivity index is 2.86. The van der Waals surface area contributed by atoms with Crippen molar-refractivity contribution < 1.29 is 17.9 Å². The SMILES string of the molecule is CCNc1nc(OCCC(F)(F)F)nc(N(CC)CC)n1. The molecule has 0 aliphatic rings. The number of nitrogens with one attached hydrogen (secondary N) is 1. The molecule has 1 aromatic rings. The van der Waals surface area contributed by atoms with E-state index in [1.807, 2.05) is 25.7 Å². The maximum Gasteiger partial charge on any atom is 0.392 e. The highest BCUT2D eigenvalue weighted by atomic mass is 19.4. The highest BCUT2D eigenvalue weighted by molar-refractivity contribution is 5.38. The summed E-state index contributed by atoms with van der Waals surface area (Å²) in [7, 11) is 0. The first-order valence-corrected chi connectivity index (χ1v) is 6.84. The molecule has 1 aromatic heterocycles. The highest BCUT2D eigenvalue weighted by Gasteiger charge is 2.27. The normalized spacial score (nSPS) is 11.3. The topological polar surface area (TPSA) is 63.2 Å². The molecule has 0 bridgehead atoms. The smallest absolute Gasteiger partial charge is 0.392 e. The second-order valence-electron chi connectivity index (χ2n) is 4.16. The van der Waals surface area contributed by atoms with Gasteiger partial charge < -0.3 is 15.0 Å². The van der Waals surface area contributed by atoms with Crippen molar-refractivity contribution in [1.82, 2.24) is 15.0 Å². The Hall–Kier alpha value is -1.80. The maximum atomic E-state index is 12.1. The zero-order valence-electron chi connectivity index (χ0n) is 12.4. The lowest BCUT2D eigenvalue weighted by Gasteiger charge is -2.19. The van der Waals surface area contributed by atoms with E-state index in [1.165, 1.54) is 0 Å². The van der Waals surface area contributed by atoms with Crippen LogP contribution in [0.1, 0.15) is 27.2 Å². The van der Waals surface area contributed by atoms with Gasteiger partial charge in [0.15, 0.2) is 0 Å². The van der Waals surface area contributed by atoms with Crippen molar-refractivity contribution in [1.29, 1.82) is 0 Å². The van der Waals surface area contributed by atoms with Crippen molar-refractivity contribution >= 4 is 11.9 Å². The summed E-state index contributed by atoms with van der Waals surface area (Å²) in [6, 6.07) is -0.105. The molecule has 0 fully saturated rings. The predicted octanol–water partition coefficient (Wildman–Crippen LogP) is 2.48. The number of ether oxygens (including phenoxy) is 1. The van der Waals surface area contributed by atoms with E-state index < -0.39 is 19.2 Å². The largest absolute Gasteiger partial charge is 0.463 e. The van der Waals surface area contributed by atoms with Crippen LogP contribution in [0, 0.1) is 0 Å². The molecule has 1 N–H and O–H groups in total. The minimum atomic E-state index is -4.26. The minimum Gasteiger partial charge on any atom is -0.463 e. The van der Waals surface area contributed by atoms with E-state index in [9.17, 15) is 13.2 Å². The number of halogens is 3. The summed E-state index contributed by atoms with van der Waals surface area (Å²) in [5, 5.41) is 2.91. The molecule has 0 saturated carbocycles. The van der Waals surface area contributed by atoms with Crippen molar-refractivity contribution in [2.24, 2.45) is 0 Å². The zero-order chi connectivity index (χ0) is 15.9. The molecule has 120 valence electrons. The fourth-order valence-electron chi connectivity index (χ4n) is 1.55. The van der Waals surface area contributed by atoms with Crippen molar-refractivity contribution in [3.05, 3.63) is 0 Å². The number of anilines is 2. The standard InChI is InChI=1S/C12H20F3N5O/c1-4-16-9-17-10(20(5-2)6-3)19-11(18-9)21-8-7-12(13,14)15/h4-8H2,1-3H3,(H,16,17,18,19). The van der Waals surface area contributed by atoms with E-state index >= 15 is 0 Å². The fourth-order valence-corrected chi connectivity index (χ4v) is 1.55. The van der Waals surface area contributed by atoms with Crippen molar-refractivity contribution in [3.8, 4) is 6.01 Å². The van der Waals surface area contributed by atoms with Gasteiger partial charge in [0, 0.05) is 19.6 Å². The Morgan fingerprint density at radius 2 is 1.76 bits per heavy atom. The van der Waals surface area contributed by atoms with Crippen LogP contribution in [0.25, 0.3) is 0 Å². The van der Waals surface area contributed by atoms with Gasteiger partial charge in [-0.2, -0.15) is 28.1 Å². The molecule has 0 aromatic carbocycles. The van der Waals surface area contributed by atoms with E-state index in [1.54, 1.807) is 0 Å². The van der Waals surface area contributed by atoms with Crippen molar-refractivity contribution in [2.45, 2.75) is 33.4 Å². The monoisotopic (exact) mass is 307 g/mol. The average Bonchev–Trinajstić information content (AvgIpc) is 2.39. The number of aromatic nitrogens is 3. The summed E-state index contributed by atoms with van der Waals surface area (Å²) in [6.07, 6.45) is -5.31. The summed E-state index contributed by atoms with van der Waals surface area (Å²) >= 11 is 0. The summed E-state index contributed by atoms with van der Waals surface area (Å²) in [5.74, 6) is 0.671. The summed E-state index contributed by atoms with van der Waals surface area (Å²) in [4.78, 5) is 14.1. The number of hydrogen-bond donors (Lipinski definition) is 1. The van der Waals surface area contributed by atoms with Crippen LogP contribution in [0.4, 0.5) is 25.1 Å². The fraction of sp³-hybridized carbons (Fsp3) is 0.750. The third kappa shape index (κ3) is 6.01. The first-order chi connectivity index (χ1) is 9.89. The van der Waals surface area contributed by atoms with Crippen LogP contribution in [0.2, 0.25) is 0 Å². The second-order valence-corrected chi connectivity index (χ2v) is 4.16. The summed E-state index contributed by atoms with van der Waals surface area (Å²) < 4.78 is 41.4. The quantitative estimate of drug-likeness (QED) is 0.796. The van der Waals surface area contributed by atoms with E-state index in [0.29, 0.717) is 25.6 Å². The van der Waals surface area contributed by atoms with Gasteiger partial charge in [0.25, 0.3) is 0 Å². The van der Waals surface area contributed by atoms with Gasteiger partial charge in [-0.05, 0) is 20.8 Å². The number of hydrogen-bond acceptors (Lipinski definition) is 6. The minimum absolute atomic E-state index is 0.105. The van der Waals surface area contributed by atoms with Gasteiger partial charge in [-0.1, -0.05) is 0 Å². The Morgan fingerprint density at radius 1 is 1.10 bits per heavy atom. The summed E-state index contributed by atoms with van der Waals surface area (Å²) in [6.45, 7) is 7.16. The van der Waals surface area contributed by atoms with E-state index in [-0.39, 0.29) is 12.0 Å². The van der Waals surface area contributed by atoms with Crippen LogP contribution in [0.15, 0.2) is 0 Å². The van der Waals surface area contributed by atoms with Crippen LogP contribution in [0.3, 0.4) is 0 Å². The Morgan fingerprint density at radius 3 is 2.29 bits per heavy atom. The van der Waals surface area contributed by atoms with E-state index in [0.717, 1.165) is 0 Å². The van der Waals surface area contributed by atoms with Gasteiger partial charge in [0.05, 0.1) is 6.42 Å². The molecule has 0 spiro atoms. The van der Waals surface area contributed by atoms with Gasteiger partial charge in [-0.3, -0.25) is 0 Å². The van der Waals surface area contributed by atoms with Crippen molar-refractivity contribution in [3.63, 3.8) is 0 Å². The zero-order valence-corrected chi connectivity index (χ0v) is 12.4. The highest BCUT2D eigenvalue weighted by Crippen LogP contribution is 2.20. The first kappa shape index (κ1) is 17.3. The Bertz CT molecular complexity index is 437. The first-order valence-electron chi connectivity index (χ1n) is 6.84. The molecule has 1 rings (SSSR count). The lowest BCUT2D eigenvalue weighted by atomic mass is 10.4. The van der Waals surface area contributed by atoms with Crippen LogP contribution < -0.4 is 15.0 Å². The number of rotatable bonds is 8. The van der Waals surface area contributed by atoms with Crippen LogP contribution >= 0.6 is 0 Å². The third-order valence-corrected chi connectivity index (χ3v) is 2.60. The van der Waals surface area contributed by atoms with Crippen LogP contribution in [0.5, 0.6) is 6.01 Å². The molecule has 0 aliphatic heterocycles. The second kappa shape index (κ2) is 7.84. The molecule has 21 heavy (non-hydrogen) atoms. The Labute approximate surface area is 121 Å². The van der Waals surface area contributed by atoms with Gasteiger partial charge in [-0.25, -0.2) is 0 Å². The molecule has 0 saturated heterocycles. The molecule has 9 heteroatoms. The molecule has 0 aliphatic carbocycles. The summed E-state index contributed by atoms with van der Waals surface area (Å²) in [5.41, 5.74) is 0. The molecular formula is C12H20F3N5O. The Kier molecular flexibility index (Phi) is 6.44.